The fraction of sp³-hybridized carbons (Fsp3) is 0.471. The molecule has 0 unspecified atom stereocenters. The Hall–Kier alpha value is -4.17. The molecule has 4 atom stereocenters. The van der Waals surface area contributed by atoms with Crippen LogP contribution in [0.4, 0.5) is 20.7 Å². The van der Waals surface area contributed by atoms with Gasteiger partial charge in [-0.2, -0.15) is 0 Å². The molecule has 1 saturated heterocycles. The van der Waals surface area contributed by atoms with Crippen molar-refractivity contribution in [2.45, 2.75) is 83.6 Å². The molecular weight excluding hydrogens is 603 g/mol. The Morgan fingerprint density at radius 2 is 1.85 bits per heavy atom. The van der Waals surface area contributed by atoms with Crippen molar-refractivity contribution < 1.29 is 24.1 Å². The third-order valence-corrected chi connectivity index (χ3v) is 8.38. The van der Waals surface area contributed by atoms with Gasteiger partial charge in [-0.25, -0.2) is 24.1 Å². The summed E-state index contributed by atoms with van der Waals surface area (Å²) < 4.78 is 21.4. The van der Waals surface area contributed by atoms with Crippen LogP contribution < -0.4 is 16.0 Å². The number of urea groups is 1. The molecule has 5 N–H and O–H groups in total. The molecular formula is C34H45FN8O4. The van der Waals surface area contributed by atoms with E-state index in [4.69, 9.17) is 4.74 Å². The van der Waals surface area contributed by atoms with Gasteiger partial charge in [0.25, 0.3) is 0 Å². The number of aliphatic hydroxyl groups excluding tert-OH is 2. The first-order valence-electron chi connectivity index (χ1n) is 16.0. The second-order valence-corrected chi connectivity index (χ2v) is 13.2. The molecule has 47 heavy (non-hydrogen) atoms. The number of fused-ring (bicyclic) bond motifs is 1. The molecule has 13 heteroatoms. The molecule has 0 spiro atoms. The maximum Gasteiger partial charge on any atom is 0.319 e. The number of anilines is 2. The minimum absolute atomic E-state index is 0.0411. The van der Waals surface area contributed by atoms with Gasteiger partial charge in [0.15, 0.2) is 23.2 Å². The smallest absolute Gasteiger partial charge is 0.319 e. The van der Waals surface area contributed by atoms with Crippen molar-refractivity contribution in [1.29, 1.82) is 0 Å². The van der Waals surface area contributed by atoms with Crippen molar-refractivity contribution in [2.24, 2.45) is 0 Å². The lowest BCUT2D eigenvalue weighted by atomic mass is 9.87. The lowest BCUT2D eigenvalue weighted by Crippen LogP contribution is -2.44. The second kappa shape index (κ2) is 14.7. The van der Waals surface area contributed by atoms with E-state index < -0.39 is 24.5 Å². The Labute approximate surface area is 274 Å². The summed E-state index contributed by atoms with van der Waals surface area (Å²) in [7, 11) is 0. The van der Waals surface area contributed by atoms with E-state index in [1.54, 1.807) is 16.7 Å². The molecule has 1 fully saturated rings. The normalized spacial score (nSPS) is 19.9. The van der Waals surface area contributed by atoms with Crippen molar-refractivity contribution >= 4 is 28.7 Å². The largest absolute Gasteiger partial charge is 0.387 e. The van der Waals surface area contributed by atoms with Crippen molar-refractivity contribution in [2.75, 3.05) is 30.3 Å². The van der Waals surface area contributed by atoms with Crippen LogP contribution in [0.1, 0.15) is 58.4 Å². The predicted molar refractivity (Wildman–Crippen MR) is 178 cm³/mol. The molecule has 4 aromatic rings. The van der Waals surface area contributed by atoms with Crippen molar-refractivity contribution in [3.63, 3.8) is 0 Å². The first-order chi connectivity index (χ1) is 22.4. The molecule has 1 aliphatic heterocycles. The molecule has 0 bridgehead atoms. The van der Waals surface area contributed by atoms with Gasteiger partial charge in [-0.15, -0.1) is 0 Å². The summed E-state index contributed by atoms with van der Waals surface area (Å²) in [6.45, 7) is 12.4. The number of carbonyl (C=O) groups excluding carboxylic acids is 1. The van der Waals surface area contributed by atoms with Gasteiger partial charge >= 0.3 is 6.03 Å². The van der Waals surface area contributed by atoms with Crippen LogP contribution in [-0.4, -0.2) is 84.7 Å². The third kappa shape index (κ3) is 8.41. The van der Waals surface area contributed by atoms with Crippen molar-refractivity contribution in [1.82, 2.24) is 29.7 Å². The van der Waals surface area contributed by atoms with E-state index in [1.165, 1.54) is 30.4 Å². The van der Waals surface area contributed by atoms with Crippen LogP contribution in [0, 0.1) is 5.82 Å². The van der Waals surface area contributed by atoms with Gasteiger partial charge in [0.05, 0.1) is 6.33 Å². The zero-order valence-electron chi connectivity index (χ0n) is 27.5. The fourth-order valence-corrected chi connectivity index (χ4v) is 5.61. The highest BCUT2D eigenvalue weighted by Crippen LogP contribution is 2.33. The van der Waals surface area contributed by atoms with Crippen LogP contribution in [-0.2, 0) is 16.7 Å². The zero-order valence-corrected chi connectivity index (χ0v) is 27.5. The molecule has 252 valence electrons. The molecule has 0 aliphatic carbocycles. The number of imidazole rings is 1. The van der Waals surface area contributed by atoms with E-state index in [0.29, 0.717) is 49.6 Å². The van der Waals surface area contributed by atoms with Gasteiger partial charge in [-0.1, -0.05) is 45.0 Å². The quantitative estimate of drug-likeness (QED) is 0.141. The minimum Gasteiger partial charge on any atom is -0.387 e. The van der Waals surface area contributed by atoms with Crippen LogP contribution in [0.2, 0.25) is 0 Å². The molecule has 3 heterocycles. The Balaban J connectivity index is 1.14. The van der Waals surface area contributed by atoms with Gasteiger partial charge in [-0.05, 0) is 61.1 Å². The number of rotatable bonds is 12. The number of nitrogens with zero attached hydrogens (tertiary/aromatic N) is 5. The molecule has 0 radical (unpaired) electrons. The average Bonchev–Trinajstić information content (AvgIpc) is 3.58. The van der Waals surface area contributed by atoms with E-state index in [-0.39, 0.29) is 23.3 Å². The Bertz CT molecular complexity index is 1640. The van der Waals surface area contributed by atoms with Crippen LogP contribution in [0.5, 0.6) is 0 Å². The van der Waals surface area contributed by atoms with E-state index in [2.05, 4.69) is 70.4 Å². The number of halogens is 1. The summed E-state index contributed by atoms with van der Waals surface area (Å²) in [5, 5.41) is 31.0. The first kappa shape index (κ1) is 34.2. The fourth-order valence-electron chi connectivity index (χ4n) is 5.61. The molecule has 12 nitrogen and oxygen atoms in total. The number of amides is 2. The maximum atomic E-state index is 13.6. The summed E-state index contributed by atoms with van der Waals surface area (Å²) in [5.41, 5.74) is 3.59. The summed E-state index contributed by atoms with van der Waals surface area (Å²) in [5.74, 6) is 0.130. The third-order valence-electron chi connectivity index (χ3n) is 8.38. The van der Waals surface area contributed by atoms with Crippen LogP contribution in [0.15, 0.2) is 61.2 Å². The maximum absolute atomic E-state index is 13.6. The van der Waals surface area contributed by atoms with E-state index in [1.807, 2.05) is 24.3 Å². The number of nitrogens with one attached hydrogen (secondary N) is 3. The summed E-state index contributed by atoms with van der Waals surface area (Å²) >= 11 is 0. The van der Waals surface area contributed by atoms with Crippen LogP contribution >= 0.6 is 0 Å². The number of aliphatic hydroxyl groups is 2. The van der Waals surface area contributed by atoms with Gasteiger partial charge in [0, 0.05) is 37.9 Å². The Kier molecular flexibility index (Phi) is 10.7. The van der Waals surface area contributed by atoms with Crippen LogP contribution in [0.25, 0.3) is 11.2 Å². The molecule has 5 rings (SSSR count). The number of ether oxygens (including phenoxy) is 1. The topological polar surface area (TPSA) is 150 Å². The summed E-state index contributed by atoms with van der Waals surface area (Å²) in [6, 6.07) is 14.0. The molecule has 0 saturated carbocycles. The van der Waals surface area contributed by atoms with Crippen molar-refractivity contribution in [3.05, 3.63) is 78.1 Å². The van der Waals surface area contributed by atoms with Gasteiger partial charge in [-0.3, -0.25) is 9.47 Å². The number of hydrogen-bond donors (Lipinski definition) is 5. The predicted octanol–water partition coefficient (Wildman–Crippen LogP) is 4.42. The van der Waals surface area contributed by atoms with E-state index >= 15 is 0 Å². The SMILES string of the molecule is CC(C)N(CCCNC(=O)Nc1ccc(C(C)(C)C)cc1)C[C@H]1O[C@@H](n2cnc3c(NCc4cccc(F)c4)ncnc32)[C@H](O)[C@@H]1O. The second-order valence-electron chi connectivity index (χ2n) is 13.2. The lowest BCUT2D eigenvalue weighted by Gasteiger charge is -2.30. The van der Waals surface area contributed by atoms with Crippen LogP contribution in [0.3, 0.4) is 0 Å². The highest BCUT2D eigenvalue weighted by molar-refractivity contribution is 5.89. The molecule has 2 aromatic carbocycles. The molecule has 1 aliphatic rings. The van der Waals surface area contributed by atoms with Gasteiger partial charge in [0.2, 0.25) is 0 Å². The number of hydrogen-bond acceptors (Lipinski definition) is 9. The lowest BCUT2D eigenvalue weighted by molar-refractivity contribution is -0.0468. The van der Waals surface area contributed by atoms with E-state index in [0.717, 1.165) is 11.3 Å². The number of aromatic nitrogens is 4. The average molecular weight is 649 g/mol. The summed E-state index contributed by atoms with van der Waals surface area (Å²) in [4.78, 5) is 27.7. The first-order valence-corrected chi connectivity index (χ1v) is 16.0. The Morgan fingerprint density at radius 3 is 2.55 bits per heavy atom. The van der Waals surface area contributed by atoms with E-state index in [9.17, 15) is 19.4 Å². The van der Waals surface area contributed by atoms with Gasteiger partial charge < -0.3 is 30.9 Å². The highest BCUT2D eigenvalue weighted by Gasteiger charge is 2.45. The molecule has 2 amide bonds. The van der Waals surface area contributed by atoms with Gasteiger partial charge in [0.1, 0.15) is 30.5 Å². The highest BCUT2D eigenvalue weighted by atomic mass is 19.1. The zero-order chi connectivity index (χ0) is 33.7. The van der Waals surface area contributed by atoms with Crippen molar-refractivity contribution in [3.8, 4) is 0 Å². The summed E-state index contributed by atoms with van der Waals surface area (Å²) in [6.07, 6.45) is -0.380. The number of benzene rings is 2. The number of carbonyl (C=O) groups is 1. The standard InChI is InChI=1S/C34H45FN8O4/c1-21(2)42(15-7-14-36-33(46)41-25-12-10-23(11-13-25)34(3,4)5)18-26-28(44)29(45)32(47-26)43-20-40-27-30(38-19-39-31(27)43)37-17-22-8-6-9-24(35)16-22/h6,8-13,16,19-21,26,28-29,32,44-45H,7,14-15,17-18H2,1-5H3,(H2,36,41,46)(H,37,38,39)/t26-,28-,29-,32-/m1/s1. The monoisotopic (exact) mass is 648 g/mol. The molecule has 2 aromatic heterocycles. The minimum atomic E-state index is -1.21. The Morgan fingerprint density at radius 1 is 1.09 bits per heavy atom.